The molecule has 0 aliphatic carbocycles. The number of hydrogen-bond donors (Lipinski definition) is 2. The summed E-state index contributed by atoms with van der Waals surface area (Å²) < 4.78 is 15.7. The third-order valence-electron chi connectivity index (χ3n) is 4.70. The predicted octanol–water partition coefficient (Wildman–Crippen LogP) is 4.54. The Hall–Kier alpha value is -3.80. The minimum absolute atomic E-state index is 0.283. The molecular weight excluding hydrogens is 488 g/mol. The first-order chi connectivity index (χ1) is 17.0. The lowest BCUT2D eigenvalue weighted by Crippen LogP contribution is -2.23. The highest BCUT2D eigenvalue weighted by atomic mass is 32.1. The number of nitrogens with zero attached hydrogens (tertiary/aromatic N) is 2. The Balaban J connectivity index is 1.22. The molecule has 2 amide bonds. The first-order valence-corrected chi connectivity index (χ1v) is 12.2. The van der Waals surface area contributed by atoms with Gasteiger partial charge in [-0.25, -0.2) is 9.97 Å². The lowest BCUT2D eigenvalue weighted by atomic mass is 10.2. The van der Waals surface area contributed by atoms with Crippen LogP contribution >= 0.6 is 22.7 Å². The third kappa shape index (κ3) is 6.63. The monoisotopic (exact) mass is 510 g/mol. The van der Waals surface area contributed by atoms with Gasteiger partial charge >= 0.3 is 0 Å². The molecule has 0 saturated heterocycles. The molecule has 180 valence electrons. The Morgan fingerprint density at radius 3 is 1.66 bits per heavy atom. The maximum atomic E-state index is 12.2. The van der Waals surface area contributed by atoms with Crippen molar-refractivity contribution in [3.63, 3.8) is 0 Å². The van der Waals surface area contributed by atoms with Crippen LogP contribution in [0.3, 0.4) is 0 Å². The third-order valence-corrected chi connectivity index (χ3v) is 6.21. The van der Waals surface area contributed by atoms with Crippen LogP contribution in [0.25, 0.3) is 22.5 Å². The van der Waals surface area contributed by atoms with E-state index in [1.165, 1.54) is 22.7 Å². The van der Waals surface area contributed by atoms with E-state index in [4.69, 9.17) is 14.2 Å². The topological polar surface area (TPSA) is 112 Å². The number of anilines is 2. The number of carbonyl (C=O) groups excluding carboxylic acids is 2. The molecule has 0 fully saturated rings. The van der Waals surface area contributed by atoms with Crippen LogP contribution in [0.5, 0.6) is 11.5 Å². The van der Waals surface area contributed by atoms with Crippen LogP contribution in [0.2, 0.25) is 0 Å². The van der Waals surface area contributed by atoms with Crippen LogP contribution in [0.4, 0.5) is 10.3 Å². The number of benzene rings is 2. The SMILES string of the molecule is COc1cccc(-c2csc(NC(=O)COCC(=O)Nc3nc(-c4cccc(OC)c4)cs3)n2)c1. The van der Waals surface area contributed by atoms with Crippen molar-refractivity contribution in [2.24, 2.45) is 0 Å². The highest BCUT2D eigenvalue weighted by Gasteiger charge is 2.12. The number of rotatable bonds is 10. The van der Waals surface area contributed by atoms with Gasteiger partial charge in [0.1, 0.15) is 24.7 Å². The van der Waals surface area contributed by atoms with E-state index in [-0.39, 0.29) is 13.2 Å². The highest BCUT2D eigenvalue weighted by Crippen LogP contribution is 2.28. The standard InChI is InChI=1S/C24H22N4O5S2/c1-31-17-7-3-5-15(9-17)19-13-34-23(25-19)27-21(29)11-33-12-22(30)28-24-26-20(14-35-24)16-6-4-8-18(10-16)32-2/h3-10,13-14H,11-12H2,1-2H3,(H,25,27,29)(H,26,28,30). The summed E-state index contributed by atoms with van der Waals surface area (Å²) in [5.74, 6) is 0.641. The fraction of sp³-hybridized carbons (Fsp3) is 0.167. The van der Waals surface area contributed by atoms with E-state index in [1.54, 1.807) is 14.2 Å². The summed E-state index contributed by atoms with van der Waals surface area (Å²) in [5, 5.41) is 9.91. The maximum absolute atomic E-state index is 12.2. The zero-order valence-electron chi connectivity index (χ0n) is 18.9. The molecule has 2 N–H and O–H groups in total. The van der Waals surface area contributed by atoms with E-state index < -0.39 is 11.8 Å². The van der Waals surface area contributed by atoms with Crippen LogP contribution in [0.15, 0.2) is 59.3 Å². The fourth-order valence-corrected chi connectivity index (χ4v) is 4.51. The van der Waals surface area contributed by atoms with Gasteiger partial charge in [0.05, 0.1) is 25.6 Å². The predicted molar refractivity (Wildman–Crippen MR) is 136 cm³/mol. The molecule has 9 nitrogen and oxygen atoms in total. The van der Waals surface area contributed by atoms with Gasteiger partial charge in [-0.2, -0.15) is 0 Å². The molecule has 35 heavy (non-hydrogen) atoms. The first-order valence-electron chi connectivity index (χ1n) is 10.4. The van der Waals surface area contributed by atoms with Crippen molar-refractivity contribution in [1.82, 2.24) is 9.97 Å². The number of hydrogen-bond acceptors (Lipinski definition) is 9. The molecule has 0 radical (unpaired) electrons. The molecule has 0 bridgehead atoms. The minimum Gasteiger partial charge on any atom is -0.497 e. The molecule has 0 atom stereocenters. The summed E-state index contributed by atoms with van der Waals surface area (Å²) in [6.07, 6.45) is 0. The molecule has 0 aliphatic rings. The second kappa shape index (κ2) is 11.6. The van der Waals surface area contributed by atoms with Gasteiger partial charge in [0.25, 0.3) is 11.8 Å². The lowest BCUT2D eigenvalue weighted by molar-refractivity contribution is -0.125. The fourth-order valence-electron chi connectivity index (χ4n) is 3.04. The summed E-state index contributed by atoms with van der Waals surface area (Å²) in [6.45, 7) is -0.567. The molecule has 0 aliphatic heterocycles. The van der Waals surface area contributed by atoms with E-state index in [9.17, 15) is 9.59 Å². The molecule has 2 aromatic carbocycles. The zero-order chi connectivity index (χ0) is 24.6. The summed E-state index contributed by atoms with van der Waals surface area (Å²) in [7, 11) is 3.20. The molecular formula is C24H22N4O5S2. The normalized spacial score (nSPS) is 10.6. The molecule has 2 aromatic heterocycles. The summed E-state index contributed by atoms with van der Waals surface area (Å²) >= 11 is 2.59. The molecule has 4 aromatic rings. The van der Waals surface area contributed by atoms with E-state index in [0.717, 1.165) is 34.0 Å². The van der Waals surface area contributed by atoms with Crippen molar-refractivity contribution in [2.45, 2.75) is 0 Å². The molecule has 2 heterocycles. The van der Waals surface area contributed by atoms with Crippen LogP contribution in [0, 0.1) is 0 Å². The Bertz CT molecular complexity index is 1220. The average Bonchev–Trinajstić information content (AvgIpc) is 3.54. The highest BCUT2D eigenvalue weighted by molar-refractivity contribution is 7.14. The lowest BCUT2D eigenvalue weighted by Gasteiger charge is -2.04. The number of carbonyl (C=O) groups is 2. The number of methoxy groups -OCH3 is 2. The van der Waals surface area contributed by atoms with Crippen LogP contribution in [-0.2, 0) is 14.3 Å². The number of amides is 2. The van der Waals surface area contributed by atoms with E-state index >= 15 is 0 Å². The average molecular weight is 511 g/mol. The number of nitrogens with one attached hydrogen (secondary N) is 2. The summed E-state index contributed by atoms with van der Waals surface area (Å²) in [6, 6.07) is 15.0. The van der Waals surface area contributed by atoms with Gasteiger partial charge < -0.3 is 14.2 Å². The zero-order valence-corrected chi connectivity index (χ0v) is 20.6. The van der Waals surface area contributed by atoms with E-state index in [2.05, 4.69) is 20.6 Å². The number of aromatic nitrogens is 2. The Kier molecular flexibility index (Phi) is 8.03. The maximum Gasteiger partial charge on any atom is 0.252 e. The van der Waals surface area contributed by atoms with Crippen molar-refractivity contribution in [2.75, 3.05) is 38.1 Å². The quantitative estimate of drug-likeness (QED) is 0.322. The van der Waals surface area contributed by atoms with Crippen LogP contribution < -0.4 is 20.1 Å². The molecule has 0 spiro atoms. The summed E-state index contributed by atoms with van der Waals surface area (Å²) in [5.41, 5.74) is 3.21. The molecule has 0 unspecified atom stereocenters. The minimum atomic E-state index is -0.404. The Labute approximate surface area is 209 Å². The second-order valence-electron chi connectivity index (χ2n) is 7.13. The Morgan fingerprint density at radius 1 is 0.771 bits per heavy atom. The van der Waals surface area contributed by atoms with Crippen molar-refractivity contribution in [3.8, 4) is 34.0 Å². The molecule has 0 saturated carbocycles. The van der Waals surface area contributed by atoms with Crippen molar-refractivity contribution in [1.29, 1.82) is 0 Å². The van der Waals surface area contributed by atoms with Crippen molar-refractivity contribution < 1.29 is 23.8 Å². The van der Waals surface area contributed by atoms with Gasteiger partial charge in [-0.3, -0.25) is 20.2 Å². The first kappa shape index (κ1) is 24.3. The largest absolute Gasteiger partial charge is 0.497 e. The van der Waals surface area contributed by atoms with Gasteiger partial charge in [-0.05, 0) is 24.3 Å². The molecule has 4 rings (SSSR count). The molecule has 11 heteroatoms. The van der Waals surface area contributed by atoms with Gasteiger partial charge in [0.2, 0.25) is 0 Å². The van der Waals surface area contributed by atoms with Gasteiger partial charge in [-0.1, -0.05) is 24.3 Å². The number of ether oxygens (including phenoxy) is 3. The van der Waals surface area contributed by atoms with Crippen molar-refractivity contribution >= 4 is 44.8 Å². The van der Waals surface area contributed by atoms with E-state index in [1.807, 2.05) is 59.3 Å². The van der Waals surface area contributed by atoms with Crippen molar-refractivity contribution in [3.05, 3.63) is 59.3 Å². The van der Waals surface area contributed by atoms with Gasteiger partial charge in [-0.15, -0.1) is 22.7 Å². The smallest absolute Gasteiger partial charge is 0.252 e. The van der Waals surface area contributed by atoms with Gasteiger partial charge in [0.15, 0.2) is 10.3 Å². The van der Waals surface area contributed by atoms with Crippen LogP contribution in [-0.4, -0.2) is 49.2 Å². The Morgan fingerprint density at radius 2 is 1.23 bits per heavy atom. The second-order valence-corrected chi connectivity index (χ2v) is 8.85. The van der Waals surface area contributed by atoms with Crippen LogP contribution in [0.1, 0.15) is 0 Å². The summed E-state index contributed by atoms with van der Waals surface area (Å²) in [4.78, 5) is 33.2. The van der Waals surface area contributed by atoms with E-state index in [0.29, 0.717) is 10.3 Å². The number of thiazole rings is 2. The van der Waals surface area contributed by atoms with Gasteiger partial charge in [0, 0.05) is 21.9 Å².